The standard InChI is InChI=1S/C11H16NO3P/c1-3-11(4-2,9-15-16(13)14)10-7-5-6-8-12-10/h5-8H,3-4,9H2,1-2H3/p+1. The summed E-state index contributed by atoms with van der Waals surface area (Å²) >= 11 is 0. The van der Waals surface area contributed by atoms with Gasteiger partial charge in [-0.3, -0.25) is 4.98 Å². The molecule has 0 fully saturated rings. The number of hydrogen-bond donors (Lipinski definition) is 1. The Kier molecular flexibility index (Phi) is 5.00. The summed E-state index contributed by atoms with van der Waals surface area (Å²) in [7, 11) is -2.54. The van der Waals surface area contributed by atoms with E-state index >= 15 is 0 Å². The molecule has 5 heteroatoms. The highest BCUT2D eigenvalue weighted by Gasteiger charge is 2.34. The van der Waals surface area contributed by atoms with Crippen molar-refractivity contribution >= 4 is 8.25 Å². The zero-order chi connectivity index (χ0) is 12.0. The van der Waals surface area contributed by atoms with Crippen molar-refractivity contribution in [1.82, 2.24) is 4.98 Å². The van der Waals surface area contributed by atoms with Crippen LogP contribution >= 0.6 is 8.25 Å². The number of pyridine rings is 1. The van der Waals surface area contributed by atoms with Crippen LogP contribution in [0.15, 0.2) is 24.4 Å². The lowest BCUT2D eigenvalue weighted by Gasteiger charge is -2.28. The number of rotatable bonds is 6. The molecule has 0 aromatic carbocycles. The third kappa shape index (κ3) is 3.08. The Hall–Kier alpha value is -0.830. The van der Waals surface area contributed by atoms with Crippen LogP contribution in [0.1, 0.15) is 32.4 Å². The molecule has 4 nitrogen and oxygen atoms in total. The van der Waals surface area contributed by atoms with E-state index in [0.29, 0.717) is 0 Å². The van der Waals surface area contributed by atoms with Gasteiger partial charge in [-0.2, -0.15) is 0 Å². The van der Waals surface area contributed by atoms with Crippen LogP contribution < -0.4 is 0 Å². The smallest absolute Gasteiger partial charge is 0.261 e. The molecule has 1 unspecified atom stereocenters. The first-order valence-electron chi connectivity index (χ1n) is 5.35. The zero-order valence-electron chi connectivity index (χ0n) is 9.59. The molecule has 1 N–H and O–H groups in total. The van der Waals surface area contributed by atoms with E-state index in [1.54, 1.807) is 6.20 Å². The van der Waals surface area contributed by atoms with Gasteiger partial charge in [-0.15, -0.1) is 9.42 Å². The Morgan fingerprint density at radius 2 is 2.12 bits per heavy atom. The average Bonchev–Trinajstić information content (AvgIpc) is 2.32. The molecular formula is C11H17NO3P+. The molecule has 0 aliphatic rings. The van der Waals surface area contributed by atoms with Crippen molar-refractivity contribution in [2.45, 2.75) is 32.1 Å². The van der Waals surface area contributed by atoms with Crippen molar-refractivity contribution in [1.29, 1.82) is 0 Å². The van der Waals surface area contributed by atoms with Crippen LogP contribution in [0.2, 0.25) is 0 Å². The Morgan fingerprint density at radius 3 is 2.56 bits per heavy atom. The van der Waals surface area contributed by atoms with Crippen LogP contribution in [-0.2, 0) is 14.5 Å². The lowest BCUT2D eigenvalue weighted by atomic mass is 9.80. The van der Waals surface area contributed by atoms with E-state index in [9.17, 15) is 4.57 Å². The van der Waals surface area contributed by atoms with E-state index in [2.05, 4.69) is 4.98 Å². The summed E-state index contributed by atoms with van der Waals surface area (Å²) < 4.78 is 15.5. The van der Waals surface area contributed by atoms with Gasteiger partial charge in [0.2, 0.25) is 0 Å². The summed E-state index contributed by atoms with van der Waals surface area (Å²) in [5.41, 5.74) is 0.645. The van der Waals surface area contributed by atoms with Crippen molar-refractivity contribution in [3.63, 3.8) is 0 Å². The lowest BCUT2D eigenvalue weighted by molar-refractivity contribution is 0.189. The first-order chi connectivity index (χ1) is 7.64. The molecule has 1 aromatic heterocycles. The maximum absolute atomic E-state index is 10.6. The summed E-state index contributed by atoms with van der Waals surface area (Å²) in [6.45, 7) is 4.29. The predicted molar refractivity (Wildman–Crippen MR) is 62.3 cm³/mol. The first-order valence-corrected chi connectivity index (χ1v) is 6.48. The van der Waals surface area contributed by atoms with E-state index in [0.717, 1.165) is 18.5 Å². The molecule has 0 saturated carbocycles. The minimum atomic E-state index is -2.54. The van der Waals surface area contributed by atoms with Crippen LogP contribution in [0.25, 0.3) is 0 Å². The van der Waals surface area contributed by atoms with Crippen molar-refractivity contribution in [2.24, 2.45) is 0 Å². The minimum Gasteiger partial charge on any atom is -0.261 e. The SMILES string of the molecule is CCC(CC)(CO[P+](=O)O)c1ccccn1. The summed E-state index contributed by atoms with van der Waals surface area (Å²) in [5, 5.41) is 0. The molecular weight excluding hydrogens is 225 g/mol. The molecule has 0 saturated heterocycles. The first kappa shape index (κ1) is 13.2. The highest BCUT2D eigenvalue weighted by molar-refractivity contribution is 7.32. The van der Waals surface area contributed by atoms with E-state index in [1.165, 1.54) is 0 Å². The zero-order valence-corrected chi connectivity index (χ0v) is 10.5. The third-order valence-corrected chi connectivity index (χ3v) is 3.36. The topological polar surface area (TPSA) is 59.4 Å². The molecule has 0 aliphatic heterocycles. The Morgan fingerprint density at radius 1 is 1.44 bits per heavy atom. The summed E-state index contributed by atoms with van der Waals surface area (Å²) in [5.74, 6) is 0. The van der Waals surface area contributed by atoms with Gasteiger partial charge >= 0.3 is 8.25 Å². The maximum atomic E-state index is 10.6. The molecule has 0 bridgehead atoms. The van der Waals surface area contributed by atoms with Crippen molar-refractivity contribution in [2.75, 3.05) is 6.61 Å². The van der Waals surface area contributed by atoms with Gasteiger partial charge in [0.05, 0.1) is 0 Å². The highest BCUT2D eigenvalue weighted by Crippen LogP contribution is 2.33. The van der Waals surface area contributed by atoms with E-state index in [4.69, 9.17) is 9.42 Å². The second-order valence-corrected chi connectivity index (χ2v) is 4.45. The van der Waals surface area contributed by atoms with E-state index in [1.807, 2.05) is 32.0 Å². The van der Waals surface area contributed by atoms with Gasteiger partial charge in [0.15, 0.2) is 0 Å². The number of hydrogen-bond acceptors (Lipinski definition) is 3. The van der Waals surface area contributed by atoms with Crippen molar-refractivity contribution < 1.29 is 14.0 Å². The second kappa shape index (κ2) is 6.04. The van der Waals surface area contributed by atoms with Gasteiger partial charge in [0.25, 0.3) is 0 Å². The van der Waals surface area contributed by atoms with Crippen LogP contribution in [-0.4, -0.2) is 16.5 Å². The average molecular weight is 242 g/mol. The monoisotopic (exact) mass is 242 g/mol. The summed E-state index contributed by atoms with van der Waals surface area (Å²) in [6, 6.07) is 5.70. The molecule has 0 spiro atoms. The van der Waals surface area contributed by atoms with Crippen LogP contribution in [0.3, 0.4) is 0 Å². The highest BCUT2D eigenvalue weighted by atomic mass is 31.1. The van der Waals surface area contributed by atoms with Gasteiger partial charge in [0.1, 0.15) is 6.61 Å². The van der Waals surface area contributed by atoms with E-state index in [-0.39, 0.29) is 12.0 Å². The molecule has 0 aliphatic carbocycles. The second-order valence-electron chi connectivity index (χ2n) is 3.71. The fourth-order valence-electron chi connectivity index (χ4n) is 1.75. The van der Waals surface area contributed by atoms with Gasteiger partial charge in [0, 0.05) is 21.9 Å². The molecule has 1 atom stereocenters. The molecule has 88 valence electrons. The largest absolute Gasteiger partial charge is 0.694 e. The number of nitrogens with zero attached hydrogens (tertiary/aromatic N) is 1. The van der Waals surface area contributed by atoms with Gasteiger partial charge in [-0.25, -0.2) is 0 Å². The van der Waals surface area contributed by atoms with Gasteiger partial charge in [-0.05, 0) is 25.0 Å². The minimum absolute atomic E-state index is 0.225. The normalized spacial score (nSPS) is 12.6. The molecule has 1 heterocycles. The summed E-state index contributed by atoms with van der Waals surface area (Å²) in [6.07, 6.45) is 3.38. The fraction of sp³-hybridized carbons (Fsp3) is 0.545. The van der Waals surface area contributed by atoms with Crippen LogP contribution in [0.4, 0.5) is 0 Å². The molecule has 1 rings (SSSR count). The van der Waals surface area contributed by atoms with Crippen molar-refractivity contribution in [3.8, 4) is 0 Å². The molecule has 0 radical (unpaired) electrons. The quantitative estimate of drug-likeness (QED) is 0.779. The molecule has 16 heavy (non-hydrogen) atoms. The van der Waals surface area contributed by atoms with Crippen molar-refractivity contribution in [3.05, 3.63) is 30.1 Å². The Labute approximate surface area is 96.6 Å². The van der Waals surface area contributed by atoms with Crippen LogP contribution in [0.5, 0.6) is 0 Å². The van der Waals surface area contributed by atoms with Gasteiger partial charge in [-0.1, -0.05) is 19.9 Å². The summed E-state index contributed by atoms with van der Waals surface area (Å²) in [4.78, 5) is 13.0. The Balaban J connectivity index is 2.92. The number of aromatic nitrogens is 1. The van der Waals surface area contributed by atoms with Gasteiger partial charge < -0.3 is 0 Å². The maximum Gasteiger partial charge on any atom is 0.694 e. The molecule has 1 aromatic rings. The van der Waals surface area contributed by atoms with Crippen LogP contribution in [0, 0.1) is 0 Å². The predicted octanol–water partition coefficient (Wildman–Crippen LogP) is 2.81. The fourth-order valence-corrected chi connectivity index (χ4v) is 2.10. The Bertz CT molecular complexity index is 338. The lowest BCUT2D eigenvalue weighted by Crippen LogP contribution is -2.30. The van der Waals surface area contributed by atoms with E-state index < -0.39 is 8.25 Å². The molecule has 0 amide bonds. The third-order valence-electron chi connectivity index (χ3n) is 3.01.